The monoisotopic (exact) mass is 623 g/mol. The van der Waals surface area contributed by atoms with Crippen molar-refractivity contribution in [3.05, 3.63) is 0 Å². The molecule has 0 aromatic heterocycles. The van der Waals surface area contributed by atoms with Gasteiger partial charge < -0.3 is 15.0 Å². The molecular weight excluding hydrogens is 544 g/mol. The molecule has 0 rings (SSSR count). The number of unbranched alkanes of at least 4 members (excludes halogenated alkanes) is 25. The number of nitrogens with zero attached hydrogens (tertiary/aromatic N) is 1. The summed E-state index contributed by atoms with van der Waals surface area (Å²) in [7, 11) is 2.03. The van der Waals surface area contributed by atoms with Gasteiger partial charge in [0.1, 0.15) is 6.61 Å². The molecule has 0 aromatic rings. The van der Waals surface area contributed by atoms with Crippen LogP contribution in [0.15, 0.2) is 0 Å². The minimum Gasteiger partial charge on any atom is -0.464 e. The van der Waals surface area contributed by atoms with Gasteiger partial charge in [0.05, 0.1) is 0 Å². The summed E-state index contributed by atoms with van der Waals surface area (Å²) in [5.41, 5.74) is 0. The average molecular weight is 623 g/mol. The fourth-order valence-corrected chi connectivity index (χ4v) is 5.93. The van der Waals surface area contributed by atoms with E-state index in [9.17, 15) is 9.59 Å². The maximum absolute atomic E-state index is 12.1. The number of nitrogens with one attached hydrogen (secondary N) is 1. The standard InChI is InChI=1S/C39H78N2O3/c1-4-6-8-10-12-14-16-17-18-19-20-22-24-26-28-30-34-40-38(42)32-31-35-41(3)36-37-44-39(43)33-29-27-25-23-21-15-13-11-9-7-5-2/h4-37H2,1-3H3,(H,40,42). The fraction of sp³-hybridized carbons (Fsp3) is 0.949. The van der Waals surface area contributed by atoms with Gasteiger partial charge in [0, 0.05) is 25.9 Å². The highest BCUT2D eigenvalue weighted by Crippen LogP contribution is 2.14. The predicted molar refractivity (Wildman–Crippen MR) is 191 cm³/mol. The van der Waals surface area contributed by atoms with Gasteiger partial charge in [-0.15, -0.1) is 0 Å². The van der Waals surface area contributed by atoms with Crippen LogP contribution in [0.1, 0.15) is 206 Å². The maximum Gasteiger partial charge on any atom is 0.305 e. The average Bonchev–Trinajstić information content (AvgIpc) is 3.01. The molecule has 0 aliphatic carbocycles. The number of rotatable bonds is 36. The van der Waals surface area contributed by atoms with Crippen molar-refractivity contribution in [2.75, 3.05) is 33.3 Å². The van der Waals surface area contributed by atoms with E-state index in [1.807, 2.05) is 7.05 Å². The number of ether oxygens (including phenoxy) is 1. The van der Waals surface area contributed by atoms with Crippen molar-refractivity contribution >= 4 is 11.9 Å². The van der Waals surface area contributed by atoms with Gasteiger partial charge in [0.15, 0.2) is 0 Å². The Morgan fingerprint density at radius 2 is 0.864 bits per heavy atom. The number of carbonyl (C=O) groups excluding carboxylic acids is 2. The molecule has 0 fully saturated rings. The first kappa shape index (κ1) is 42.9. The Morgan fingerprint density at radius 1 is 0.477 bits per heavy atom. The van der Waals surface area contributed by atoms with Gasteiger partial charge >= 0.3 is 5.97 Å². The summed E-state index contributed by atoms with van der Waals surface area (Å²) < 4.78 is 5.42. The maximum atomic E-state index is 12.1. The number of carbonyl (C=O) groups is 2. The van der Waals surface area contributed by atoms with Crippen molar-refractivity contribution < 1.29 is 14.3 Å². The first-order chi connectivity index (χ1) is 21.6. The largest absolute Gasteiger partial charge is 0.464 e. The second-order valence-electron chi connectivity index (χ2n) is 13.6. The van der Waals surface area contributed by atoms with Gasteiger partial charge in [-0.3, -0.25) is 9.59 Å². The lowest BCUT2D eigenvalue weighted by Gasteiger charge is -2.16. The Hall–Kier alpha value is -1.10. The van der Waals surface area contributed by atoms with E-state index in [1.54, 1.807) is 0 Å². The fourth-order valence-electron chi connectivity index (χ4n) is 5.93. The number of amides is 1. The molecule has 262 valence electrons. The van der Waals surface area contributed by atoms with Crippen molar-refractivity contribution in [2.45, 2.75) is 206 Å². The Kier molecular flexibility index (Phi) is 35.5. The van der Waals surface area contributed by atoms with Crippen molar-refractivity contribution in [3.63, 3.8) is 0 Å². The lowest BCUT2D eigenvalue weighted by atomic mass is 10.0. The van der Waals surface area contributed by atoms with Gasteiger partial charge in [-0.2, -0.15) is 0 Å². The molecule has 5 heteroatoms. The van der Waals surface area contributed by atoms with E-state index in [0.29, 0.717) is 19.4 Å². The van der Waals surface area contributed by atoms with E-state index in [2.05, 4.69) is 24.1 Å². The zero-order valence-electron chi connectivity index (χ0n) is 30.2. The third kappa shape index (κ3) is 35.4. The highest BCUT2D eigenvalue weighted by molar-refractivity contribution is 5.75. The third-order valence-corrected chi connectivity index (χ3v) is 9.02. The van der Waals surface area contributed by atoms with Crippen molar-refractivity contribution in [2.24, 2.45) is 0 Å². The Labute approximate surface area is 275 Å². The van der Waals surface area contributed by atoms with Crippen LogP contribution in [0.5, 0.6) is 0 Å². The van der Waals surface area contributed by atoms with Gasteiger partial charge in [-0.25, -0.2) is 0 Å². The van der Waals surface area contributed by atoms with Crippen LogP contribution in [0.25, 0.3) is 0 Å². The molecule has 0 saturated carbocycles. The second-order valence-corrected chi connectivity index (χ2v) is 13.6. The van der Waals surface area contributed by atoms with Crippen LogP contribution in [-0.4, -0.2) is 50.1 Å². The van der Waals surface area contributed by atoms with E-state index < -0.39 is 0 Å². The van der Waals surface area contributed by atoms with Crippen LogP contribution < -0.4 is 5.32 Å². The molecule has 1 amide bonds. The Morgan fingerprint density at radius 3 is 1.30 bits per heavy atom. The molecule has 44 heavy (non-hydrogen) atoms. The quantitative estimate of drug-likeness (QED) is 0.0558. The normalized spacial score (nSPS) is 11.4. The summed E-state index contributed by atoms with van der Waals surface area (Å²) in [6, 6.07) is 0. The van der Waals surface area contributed by atoms with Crippen molar-refractivity contribution in [3.8, 4) is 0 Å². The second kappa shape index (κ2) is 36.4. The molecule has 0 aliphatic heterocycles. The molecule has 0 atom stereocenters. The highest BCUT2D eigenvalue weighted by atomic mass is 16.5. The molecule has 0 bridgehead atoms. The summed E-state index contributed by atoms with van der Waals surface area (Å²) in [5, 5.41) is 3.08. The predicted octanol–water partition coefficient (Wildman–Crippen LogP) is 11.3. The molecular formula is C39H78N2O3. The molecule has 1 N–H and O–H groups in total. The molecule has 0 unspecified atom stereocenters. The van der Waals surface area contributed by atoms with E-state index in [0.717, 1.165) is 45.3 Å². The molecule has 0 spiro atoms. The van der Waals surface area contributed by atoms with Crippen molar-refractivity contribution in [1.29, 1.82) is 0 Å². The summed E-state index contributed by atoms with van der Waals surface area (Å²) in [6.07, 6.45) is 38.0. The van der Waals surface area contributed by atoms with Crippen LogP contribution in [-0.2, 0) is 14.3 Å². The zero-order valence-corrected chi connectivity index (χ0v) is 30.2. The molecule has 0 radical (unpaired) electrons. The molecule has 0 aliphatic rings. The SMILES string of the molecule is CCCCCCCCCCCCCCCCCCNC(=O)CCCN(C)CCOC(=O)CCCCCCCCCCCCC. The lowest BCUT2D eigenvalue weighted by Crippen LogP contribution is -2.28. The van der Waals surface area contributed by atoms with E-state index >= 15 is 0 Å². The van der Waals surface area contributed by atoms with Crippen LogP contribution in [0.3, 0.4) is 0 Å². The lowest BCUT2D eigenvalue weighted by molar-refractivity contribution is -0.144. The van der Waals surface area contributed by atoms with Gasteiger partial charge in [0.25, 0.3) is 0 Å². The third-order valence-electron chi connectivity index (χ3n) is 9.02. The first-order valence-electron chi connectivity index (χ1n) is 19.7. The molecule has 0 saturated heterocycles. The molecule has 5 nitrogen and oxygen atoms in total. The number of esters is 1. The van der Waals surface area contributed by atoms with Crippen LogP contribution in [0, 0.1) is 0 Å². The zero-order chi connectivity index (χ0) is 32.2. The summed E-state index contributed by atoms with van der Waals surface area (Å²) in [6.45, 7) is 7.38. The Balaban J connectivity index is 3.36. The van der Waals surface area contributed by atoms with E-state index in [1.165, 1.54) is 154 Å². The minimum absolute atomic E-state index is 0.0669. The first-order valence-corrected chi connectivity index (χ1v) is 19.7. The van der Waals surface area contributed by atoms with E-state index in [-0.39, 0.29) is 11.9 Å². The van der Waals surface area contributed by atoms with Crippen molar-refractivity contribution in [1.82, 2.24) is 10.2 Å². The van der Waals surface area contributed by atoms with Gasteiger partial charge in [-0.1, -0.05) is 174 Å². The number of hydrogen-bond acceptors (Lipinski definition) is 4. The highest BCUT2D eigenvalue weighted by Gasteiger charge is 2.06. The smallest absolute Gasteiger partial charge is 0.305 e. The molecule has 0 heterocycles. The van der Waals surface area contributed by atoms with E-state index in [4.69, 9.17) is 4.74 Å². The van der Waals surface area contributed by atoms with Gasteiger partial charge in [-0.05, 0) is 32.9 Å². The molecule has 0 aromatic carbocycles. The van der Waals surface area contributed by atoms with Crippen LogP contribution in [0.4, 0.5) is 0 Å². The van der Waals surface area contributed by atoms with Crippen LogP contribution >= 0.6 is 0 Å². The summed E-state index contributed by atoms with van der Waals surface area (Å²) in [5.74, 6) is 0.0977. The topological polar surface area (TPSA) is 58.6 Å². The van der Waals surface area contributed by atoms with Crippen LogP contribution in [0.2, 0.25) is 0 Å². The minimum atomic E-state index is -0.0669. The summed E-state index contributed by atoms with van der Waals surface area (Å²) >= 11 is 0. The summed E-state index contributed by atoms with van der Waals surface area (Å²) in [4.78, 5) is 26.3. The Bertz CT molecular complexity index is 598. The number of likely N-dealkylation sites (N-methyl/N-ethyl adjacent to an activating group) is 1. The number of hydrogen-bond donors (Lipinski definition) is 1. The van der Waals surface area contributed by atoms with Gasteiger partial charge in [0.2, 0.25) is 5.91 Å².